The van der Waals surface area contributed by atoms with Crippen LogP contribution in [0.15, 0.2) is 41.8 Å². The normalized spacial score (nSPS) is 10.5. The lowest BCUT2D eigenvalue weighted by molar-refractivity contribution is 0.616. The van der Waals surface area contributed by atoms with Crippen LogP contribution in [0.4, 0.5) is 4.39 Å². The largest absolute Gasteiger partial charge is 0.326 e. The molecular formula is C12H12FN3S. The average molecular weight is 249 g/mol. The molecule has 2 N–H and O–H groups in total. The summed E-state index contributed by atoms with van der Waals surface area (Å²) in [4.78, 5) is 8.08. The molecule has 0 saturated carbocycles. The molecule has 3 nitrogen and oxygen atoms in total. The predicted molar refractivity (Wildman–Crippen MR) is 65.9 cm³/mol. The fourth-order valence-corrected chi connectivity index (χ4v) is 2.17. The van der Waals surface area contributed by atoms with Crippen molar-refractivity contribution in [1.29, 1.82) is 0 Å². The first-order valence-electron chi connectivity index (χ1n) is 5.16. The van der Waals surface area contributed by atoms with Gasteiger partial charge in [-0.2, -0.15) is 0 Å². The zero-order chi connectivity index (χ0) is 12.1. The molecule has 1 heterocycles. The van der Waals surface area contributed by atoms with Crippen molar-refractivity contribution in [3.8, 4) is 0 Å². The summed E-state index contributed by atoms with van der Waals surface area (Å²) in [6.07, 6.45) is 4.89. The van der Waals surface area contributed by atoms with Crippen LogP contribution in [-0.4, -0.2) is 9.97 Å². The number of thioether (sulfide) groups is 1. The smallest absolute Gasteiger partial charge is 0.127 e. The van der Waals surface area contributed by atoms with Crippen LogP contribution in [-0.2, 0) is 12.3 Å². The number of benzene rings is 1. The maximum absolute atomic E-state index is 13.5. The van der Waals surface area contributed by atoms with Crippen molar-refractivity contribution in [3.05, 3.63) is 53.7 Å². The first-order valence-corrected chi connectivity index (χ1v) is 6.14. The highest BCUT2D eigenvalue weighted by Crippen LogP contribution is 2.22. The maximum Gasteiger partial charge on any atom is 0.127 e. The van der Waals surface area contributed by atoms with E-state index < -0.39 is 0 Å². The molecule has 0 amide bonds. The number of halogens is 1. The highest BCUT2D eigenvalue weighted by Gasteiger charge is 2.04. The Bertz CT molecular complexity index is 490. The summed E-state index contributed by atoms with van der Waals surface area (Å²) in [5, 5.41) is 0.782. The molecule has 88 valence electrons. The minimum Gasteiger partial charge on any atom is -0.326 e. The quantitative estimate of drug-likeness (QED) is 0.845. The van der Waals surface area contributed by atoms with Gasteiger partial charge in [0.2, 0.25) is 0 Å². The van der Waals surface area contributed by atoms with E-state index in [1.165, 1.54) is 17.8 Å². The second-order valence-electron chi connectivity index (χ2n) is 3.46. The summed E-state index contributed by atoms with van der Waals surface area (Å²) in [5.41, 5.74) is 7.10. The molecule has 0 saturated heterocycles. The topological polar surface area (TPSA) is 51.8 Å². The minimum atomic E-state index is -0.210. The van der Waals surface area contributed by atoms with Gasteiger partial charge in [-0.25, -0.2) is 9.37 Å². The van der Waals surface area contributed by atoms with Gasteiger partial charge >= 0.3 is 0 Å². The number of hydrogen-bond acceptors (Lipinski definition) is 4. The zero-order valence-corrected chi connectivity index (χ0v) is 9.95. The van der Waals surface area contributed by atoms with E-state index in [9.17, 15) is 4.39 Å². The Morgan fingerprint density at radius 3 is 2.88 bits per heavy atom. The lowest BCUT2D eigenvalue weighted by Crippen LogP contribution is -1.98. The molecule has 5 heteroatoms. The van der Waals surface area contributed by atoms with Crippen LogP contribution >= 0.6 is 11.8 Å². The van der Waals surface area contributed by atoms with E-state index in [2.05, 4.69) is 9.97 Å². The number of nitrogens with two attached hydrogens (primary N) is 1. The first kappa shape index (κ1) is 12.0. The van der Waals surface area contributed by atoms with E-state index in [-0.39, 0.29) is 5.82 Å². The van der Waals surface area contributed by atoms with Gasteiger partial charge in [0.25, 0.3) is 0 Å². The van der Waals surface area contributed by atoms with Crippen molar-refractivity contribution < 1.29 is 4.39 Å². The second kappa shape index (κ2) is 5.75. The van der Waals surface area contributed by atoms with Crippen molar-refractivity contribution in [2.24, 2.45) is 5.73 Å². The third kappa shape index (κ3) is 3.25. The Morgan fingerprint density at radius 1 is 1.29 bits per heavy atom. The Kier molecular flexibility index (Phi) is 4.06. The van der Waals surface area contributed by atoms with Crippen molar-refractivity contribution in [1.82, 2.24) is 9.97 Å². The highest BCUT2D eigenvalue weighted by molar-refractivity contribution is 7.98. The van der Waals surface area contributed by atoms with Gasteiger partial charge in [0.15, 0.2) is 0 Å². The van der Waals surface area contributed by atoms with Crippen LogP contribution in [0.3, 0.4) is 0 Å². The molecule has 0 aliphatic carbocycles. The van der Waals surface area contributed by atoms with E-state index in [0.717, 1.165) is 10.6 Å². The van der Waals surface area contributed by atoms with Gasteiger partial charge in [0, 0.05) is 24.7 Å². The van der Waals surface area contributed by atoms with E-state index in [0.29, 0.717) is 17.9 Å². The van der Waals surface area contributed by atoms with Gasteiger partial charge in [-0.15, -0.1) is 0 Å². The molecule has 0 atom stereocenters. The standard InChI is InChI=1S/C12H12FN3S/c13-11-2-1-9(6-14)5-10(11)8-17-12-7-15-3-4-16-12/h1-5,7H,6,8,14H2. The molecule has 0 radical (unpaired) electrons. The molecule has 1 aromatic carbocycles. The minimum absolute atomic E-state index is 0.210. The third-order valence-corrected chi connectivity index (χ3v) is 3.22. The van der Waals surface area contributed by atoms with Gasteiger partial charge in [-0.05, 0) is 17.2 Å². The summed E-state index contributed by atoms with van der Waals surface area (Å²) < 4.78 is 13.5. The highest BCUT2D eigenvalue weighted by atomic mass is 32.2. The lowest BCUT2D eigenvalue weighted by Gasteiger charge is -2.05. The van der Waals surface area contributed by atoms with Gasteiger partial charge in [-0.1, -0.05) is 23.9 Å². The zero-order valence-electron chi connectivity index (χ0n) is 9.14. The van der Waals surface area contributed by atoms with Crippen molar-refractivity contribution in [2.45, 2.75) is 17.3 Å². The second-order valence-corrected chi connectivity index (χ2v) is 4.46. The number of hydrogen-bond donors (Lipinski definition) is 1. The molecule has 0 spiro atoms. The molecule has 2 rings (SSSR count). The van der Waals surface area contributed by atoms with Gasteiger partial charge in [-0.3, -0.25) is 4.98 Å². The molecule has 0 aliphatic heterocycles. The van der Waals surface area contributed by atoms with Crippen molar-refractivity contribution in [2.75, 3.05) is 0 Å². The van der Waals surface area contributed by atoms with Crippen LogP contribution in [0.5, 0.6) is 0 Å². The number of nitrogens with zero attached hydrogens (tertiary/aromatic N) is 2. The summed E-state index contributed by atoms with van der Waals surface area (Å²) >= 11 is 1.45. The molecule has 2 aromatic rings. The fourth-order valence-electron chi connectivity index (χ4n) is 1.38. The Balaban J connectivity index is 2.08. The molecule has 17 heavy (non-hydrogen) atoms. The lowest BCUT2D eigenvalue weighted by atomic mass is 10.1. The number of rotatable bonds is 4. The van der Waals surface area contributed by atoms with E-state index in [1.807, 2.05) is 0 Å². The van der Waals surface area contributed by atoms with Crippen LogP contribution in [0, 0.1) is 5.82 Å². The molecular weight excluding hydrogens is 237 g/mol. The van der Waals surface area contributed by atoms with Crippen LogP contribution in [0.2, 0.25) is 0 Å². The number of aromatic nitrogens is 2. The Hall–Kier alpha value is -1.46. The summed E-state index contributed by atoms with van der Waals surface area (Å²) in [6, 6.07) is 4.94. The molecule has 1 aromatic heterocycles. The Morgan fingerprint density at radius 2 is 2.18 bits per heavy atom. The molecule has 0 unspecified atom stereocenters. The maximum atomic E-state index is 13.5. The van der Waals surface area contributed by atoms with E-state index in [1.54, 1.807) is 30.7 Å². The monoisotopic (exact) mass is 249 g/mol. The van der Waals surface area contributed by atoms with Crippen LogP contribution < -0.4 is 5.73 Å². The van der Waals surface area contributed by atoms with Crippen molar-refractivity contribution in [3.63, 3.8) is 0 Å². The van der Waals surface area contributed by atoms with E-state index >= 15 is 0 Å². The first-order chi connectivity index (χ1) is 8.29. The molecule has 0 aliphatic rings. The molecule has 0 fully saturated rings. The van der Waals surface area contributed by atoms with Gasteiger partial charge in [0.1, 0.15) is 10.8 Å². The van der Waals surface area contributed by atoms with Crippen molar-refractivity contribution >= 4 is 11.8 Å². The van der Waals surface area contributed by atoms with Crippen LogP contribution in [0.1, 0.15) is 11.1 Å². The SMILES string of the molecule is NCc1ccc(F)c(CSc2cnccn2)c1. The predicted octanol–water partition coefficient (Wildman–Crippen LogP) is 2.37. The Labute approximate surface area is 103 Å². The van der Waals surface area contributed by atoms with Gasteiger partial charge in [0.05, 0.1) is 6.20 Å². The van der Waals surface area contributed by atoms with E-state index in [4.69, 9.17) is 5.73 Å². The fraction of sp³-hybridized carbons (Fsp3) is 0.167. The van der Waals surface area contributed by atoms with Crippen LogP contribution in [0.25, 0.3) is 0 Å². The van der Waals surface area contributed by atoms with Gasteiger partial charge < -0.3 is 5.73 Å². The third-order valence-electron chi connectivity index (χ3n) is 2.26. The summed E-state index contributed by atoms with van der Waals surface area (Å²) in [5.74, 6) is 0.317. The summed E-state index contributed by atoms with van der Waals surface area (Å²) in [7, 11) is 0. The summed E-state index contributed by atoms with van der Waals surface area (Å²) in [6.45, 7) is 0.420. The molecule has 0 bridgehead atoms. The average Bonchev–Trinajstić information content (AvgIpc) is 2.39.